The molecule has 6 nitrogen and oxygen atoms in total. The molecule has 0 aromatic carbocycles. The highest BCUT2D eigenvalue weighted by atomic mass is 16.4. The maximum atomic E-state index is 11.8. The Balaban J connectivity index is 2.53. The molecule has 106 valence electrons. The molecular formula is C13H20N2O4. The molecule has 6 heteroatoms. The van der Waals surface area contributed by atoms with Crippen molar-refractivity contribution < 1.29 is 19.1 Å². The zero-order valence-electron chi connectivity index (χ0n) is 11.6. The molecule has 19 heavy (non-hydrogen) atoms. The van der Waals surface area contributed by atoms with Crippen molar-refractivity contribution in [2.24, 2.45) is 0 Å². The van der Waals surface area contributed by atoms with Gasteiger partial charge >= 0.3 is 12.0 Å². The monoisotopic (exact) mass is 268 g/mol. The number of carbonyl (C=O) groups is 2. The summed E-state index contributed by atoms with van der Waals surface area (Å²) < 4.78 is 5.40. The molecule has 0 spiro atoms. The fraction of sp³-hybridized carbons (Fsp3) is 0.538. The van der Waals surface area contributed by atoms with Crippen LogP contribution in [0, 0.1) is 6.92 Å². The molecule has 0 bridgehead atoms. The van der Waals surface area contributed by atoms with Crippen LogP contribution in [0.15, 0.2) is 16.5 Å². The normalized spacial score (nSPS) is 12.8. The predicted octanol–water partition coefficient (Wildman–Crippen LogP) is 2.20. The van der Waals surface area contributed by atoms with Crippen LogP contribution >= 0.6 is 0 Å². The molecule has 1 heterocycles. The first-order chi connectivity index (χ1) is 8.69. The van der Waals surface area contributed by atoms with E-state index in [1.54, 1.807) is 26.8 Å². The van der Waals surface area contributed by atoms with Gasteiger partial charge in [-0.3, -0.25) is 4.79 Å². The molecule has 0 fully saturated rings. The number of urea groups is 1. The van der Waals surface area contributed by atoms with E-state index in [1.807, 2.05) is 13.0 Å². The van der Waals surface area contributed by atoms with Gasteiger partial charge in [0.1, 0.15) is 11.5 Å². The Morgan fingerprint density at radius 1 is 1.42 bits per heavy atom. The van der Waals surface area contributed by atoms with Gasteiger partial charge < -0.3 is 20.2 Å². The Kier molecular flexibility index (Phi) is 4.58. The topological polar surface area (TPSA) is 91.6 Å². The molecule has 1 aromatic heterocycles. The summed E-state index contributed by atoms with van der Waals surface area (Å²) in [6.07, 6.45) is -0.144. The molecule has 1 unspecified atom stereocenters. The minimum Gasteiger partial charge on any atom is -0.481 e. The van der Waals surface area contributed by atoms with E-state index < -0.39 is 17.5 Å². The average Bonchev–Trinajstić information content (AvgIpc) is 2.61. The second kappa shape index (κ2) is 5.77. The van der Waals surface area contributed by atoms with Gasteiger partial charge in [-0.1, -0.05) is 0 Å². The third-order valence-corrected chi connectivity index (χ3v) is 2.58. The summed E-state index contributed by atoms with van der Waals surface area (Å²) in [4.78, 5) is 22.4. The number of carbonyl (C=O) groups excluding carboxylic acids is 1. The molecule has 0 saturated carbocycles. The molecule has 1 atom stereocenters. The first-order valence-corrected chi connectivity index (χ1v) is 6.06. The van der Waals surface area contributed by atoms with Crippen LogP contribution < -0.4 is 10.6 Å². The molecule has 0 aliphatic rings. The van der Waals surface area contributed by atoms with E-state index >= 15 is 0 Å². The molecule has 0 saturated heterocycles. The van der Waals surface area contributed by atoms with Crippen molar-refractivity contribution in [3.05, 3.63) is 23.7 Å². The zero-order chi connectivity index (χ0) is 14.6. The van der Waals surface area contributed by atoms with Crippen LogP contribution in [0.5, 0.6) is 0 Å². The molecule has 0 radical (unpaired) electrons. The van der Waals surface area contributed by atoms with E-state index in [0.717, 1.165) is 5.76 Å². The van der Waals surface area contributed by atoms with Gasteiger partial charge in [-0.2, -0.15) is 0 Å². The van der Waals surface area contributed by atoms with Crippen LogP contribution in [0.25, 0.3) is 0 Å². The molecule has 1 rings (SSSR count). The lowest BCUT2D eigenvalue weighted by atomic mass is 10.0. The van der Waals surface area contributed by atoms with Crippen molar-refractivity contribution >= 4 is 12.0 Å². The van der Waals surface area contributed by atoms with E-state index in [0.29, 0.717) is 5.76 Å². The number of nitrogens with one attached hydrogen (secondary N) is 2. The highest BCUT2D eigenvalue weighted by Gasteiger charge is 2.24. The summed E-state index contributed by atoms with van der Waals surface area (Å²) in [7, 11) is 0. The lowest BCUT2D eigenvalue weighted by Gasteiger charge is -2.25. The number of furan rings is 1. The van der Waals surface area contributed by atoms with Crippen LogP contribution in [0.1, 0.15) is 44.8 Å². The van der Waals surface area contributed by atoms with Gasteiger partial charge in [-0.05, 0) is 39.8 Å². The summed E-state index contributed by atoms with van der Waals surface area (Å²) in [5.74, 6) is 0.471. The molecule has 2 amide bonds. The highest BCUT2D eigenvalue weighted by molar-refractivity contribution is 5.76. The van der Waals surface area contributed by atoms with Crippen LogP contribution in [0.4, 0.5) is 4.79 Å². The largest absolute Gasteiger partial charge is 0.481 e. The number of hydrogen-bond donors (Lipinski definition) is 3. The second-order valence-electron chi connectivity index (χ2n) is 5.22. The third kappa shape index (κ3) is 5.03. The van der Waals surface area contributed by atoms with Crippen molar-refractivity contribution in [1.29, 1.82) is 0 Å². The third-order valence-electron chi connectivity index (χ3n) is 2.58. The van der Waals surface area contributed by atoms with Gasteiger partial charge in [0.05, 0.1) is 12.5 Å². The first kappa shape index (κ1) is 15.1. The molecule has 3 N–H and O–H groups in total. The molecular weight excluding hydrogens is 248 g/mol. The Labute approximate surface area is 112 Å². The van der Waals surface area contributed by atoms with Crippen molar-refractivity contribution in [3.63, 3.8) is 0 Å². The van der Waals surface area contributed by atoms with E-state index in [-0.39, 0.29) is 12.5 Å². The maximum absolute atomic E-state index is 11.8. The first-order valence-electron chi connectivity index (χ1n) is 6.06. The van der Waals surface area contributed by atoms with Crippen molar-refractivity contribution in [2.75, 3.05) is 0 Å². The van der Waals surface area contributed by atoms with E-state index in [1.165, 1.54) is 0 Å². The number of aryl methyl sites for hydroxylation is 1. The van der Waals surface area contributed by atoms with Crippen LogP contribution in [0.2, 0.25) is 0 Å². The van der Waals surface area contributed by atoms with Gasteiger partial charge in [0.2, 0.25) is 0 Å². The maximum Gasteiger partial charge on any atom is 0.315 e. The summed E-state index contributed by atoms with van der Waals surface area (Å²) in [5, 5.41) is 14.1. The quantitative estimate of drug-likeness (QED) is 0.763. The number of carboxylic acid groups (broad SMARTS) is 1. The number of rotatable bonds is 5. The minimum absolute atomic E-state index is 0.144. The van der Waals surface area contributed by atoms with Crippen LogP contribution in [-0.4, -0.2) is 22.6 Å². The number of aliphatic carboxylic acids is 1. The van der Waals surface area contributed by atoms with Crippen molar-refractivity contribution in [2.45, 2.75) is 45.7 Å². The van der Waals surface area contributed by atoms with Crippen LogP contribution in [0.3, 0.4) is 0 Å². The van der Waals surface area contributed by atoms with E-state index in [9.17, 15) is 9.59 Å². The lowest BCUT2D eigenvalue weighted by Crippen LogP contribution is -2.49. The Hall–Kier alpha value is -1.98. The van der Waals surface area contributed by atoms with Gasteiger partial charge in [0.15, 0.2) is 0 Å². The summed E-state index contributed by atoms with van der Waals surface area (Å²) in [6.45, 7) is 6.93. The number of hydrogen-bond acceptors (Lipinski definition) is 3. The second-order valence-corrected chi connectivity index (χ2v) is 5.22. The number of carboxylic acids is 1. The fourth-order valence-corrected chi connectivity index (χ4v) is 1.72. The minimum atomic E-state index is -0.958. The van der Waals surface area contributed by atoms with Gasteiger partial charge in [-0.25, -0.2) is 4.79 Å². The summed E-state index contributed by atoms with van der Waals surface area (Å²) >= 11 is 0. The van der Waals surface area contributed by atoms with Gasteiger partial charge in [0, 0.05) is 5.54 Å². The van der Waals surface area contributed by atoms with Gasteiger partial charge in [0.25, 0.3) is 0 Å². The number of amides is 2. The standard InChI is InChI=1S/C13H20N2O4/c1-8-5-6-10(19-8)9(2)14-12(18)15-13(3,4)7-11(16)17/h5-6,9H,7H2,1-4H3,(H,16,17)(H2,14,15,18). The van der Waals surface area contributed by atoms with E-state index in [4.69, 9.17) is 9.52 Å². The lowest BCUT2D eigenvalue weighted by molar-refractivity contribution is -0.138. The van der Waals surface area contributed by atoms with Crippen molar-refractivity contribution in [3.8, 4) is 0 Å². The Morgan fingerprint density at radius 2 is 2.05 bits per heavy atom. The molecule has 0 aliphatic carbocycles. The Bertz CT molecular complexity index is 465. The van der Waals surface area contributed by atoms with E-state index in [2.05, 4.69) is 10.6 Å². The zero-order valence-corrected chi connectivity index (χ0v) is 11.6. The predicted molar refractivity (Wildman–Crippen MR) is 69.9 cm³/mol. The Morgan fingerprint density at radius 3 is 2.53 bits per heavy atom. The highest BCUT2D eigenvalue weighted by Crippen LogP contribution is 2.15. The SMILES string of the molecule is Cc1ccc(C(C)NC(=O)NC(C)(C)CC(=O)O)o1. The van der Waals surface area contributed by atoms with Crippen LogP contribution in [-0.2, 0) is 4.79 Å². The summed E-state index contributed by atoms with van der Waals surface area (Å²) in [6, 6.07) is 2.91. The molecule has 0 aliphatic heterocycles. The van der Waals surface area contributed by atoms with Gasteiger partial charge in [-0.15, -0.1) is 0 Å². The fourth-order valence-electron chi connectivity index (χ4n) is 1.72. The summed E-state index contributed by atoms with van der Waals surface area (Å²) in [5.41, 5.74) is -0.811. The smallest absolute Gasteiger partial charge is 0.315 e. The van der Waals surface area contributed by atoms with Crippen molar-refractivity contribution in [1.82, 2.24) is 10.6 Å². The average molecular weight is 268 g/mol. The molecule has 1 aromatic rings.